The molecule has 6 nitrogen and oxygen atoms in total. The second kappa shape index (κ2) is 6.93. The van der Waals surface area contributed by atoms with Crippen molar-refractivity contribution in [2.75, 3.05) is 5.32 Å². The largest absolute Gasteiger partial charge is 0.338 e. The zero-order valence-electron chi connectivity index (χ0n) is 13.7. The molecular weight excluding hydrogens is 370 g/mol. The van der Waals surface area contributed by atoms with Crippen molar-refractivity contribution in [3.63, 3.8) is 0 Å². The minimum Gasteiger partial charge on any atom is -0.338 e. The van der Waals surface area contributed by atoms with Crippen LogP contribution < -0.4 is 5.32 Å². The highest BCUT2D eigenvalue weighted by molar-refractivity contribution is 8.00. The molecule has 0 spiro atoms. The Morgan fingerprint density at radius 1 is 1.19 bits per heavy atom. The summed E-state index contributed by atoms with van der Waals surface area (Å²) in [6, 6.07) is 14.9. The van der Waals surface area contributed by atoms with E-state index in [2.05, 4.69) is 25.5 Å². The van der Waals surface area contributed by atoms with Crippen LogP contribution >= 0.6 is 23.4 Å². The van der Waals surface area contributed by atoms with Gasteiger partial charge in [-0.3, -0.25) is 4.79 Å². The van der Waals surface area contributed by atoms with Gasteiger partial charge in [0.05, 0.1) is 5.25 Å². The monoisotopic (exact) mass is 383 g/mol. The van der Waals surface area contributed by atoms with Crippen LogP contribution in [0.4, 0.5) is 5.69 Å². The third-order valence-corrected chi connectivity index (χ3v) is 5.03. The number of aromatic nitrogens is 4. The maximum atomic E-state index is 12.4. The van der Waals surface area contributed by atoms with Gasteiger partial charge in [0.2, 0.25) is 11.1 Å². The van der Waals surface area contributed by atoms with Crippen LogP contribution in [0.3, 0.4) is 0 Å². The first kappa shape index (κ1) is 16.8. The van der Waals surface area contributed by atoms with E-state index in [1.54, 1.807) is 31.2 Å². The minimum absolute atomic E-state index is 0.155. The smallest absolute Gasteiger partial charge is 0.237 e. The first-order chi connectivity index (χ1) is 12.6. The molecule has 1 amide bonds. The first-order valence-electron chi connectivity index (χ1n) is 7.94. The number of fused-ring (bicyclic) bond motifs is 3. The molecule has 2 aromatic carbocycles. The second-order valence-electron chi connectivity index (χ2n) is 5.72. The van der Waals surface area contributed by atoms with E-state index in [1.807, 2.05) is 24.3 Å². The average molecular weight is 384 g/mol. The molecule has 4 rings (SSSR count). The number of amides is 1. The fourth-order valence-electron chi connectivity index (χ4n) is 2.58. The number of nitrogens with zero attached hydrogens (tertiary/aromatic N) is 3. The third kappa shape index (κ3) is 3.36. The third-order valence-electron chi connectivity index (χ3n) is 3.85. The Labute approximate surface area is 158 Å². The van der Waals surface area contributed by atoms with E-state index in [-0.39, 0.29) is 5.91 Å². The molecular formula is C18H14ClN5OS. The summed E-state index contributed by atoms with van der Waals surface area (Å²) in [5.74, 6) is -0.155. The lowest BCUT2D eigenvalue weighted by molar-refractivity contribution is -0.115. The van der Waals surface area contributed by atoms with Gasteiger partial charge in [-0.1, -0.05) is 47.6 Å². The molecule has 2 heterocycles. The molecule has 0 saturated heterocycles. The molecule has 0 unspecified atom stereocenters. The van der Waals surface area contributed by atoms with E-state index in [0.717, 1.165) is 16.4 Å². The van der Waals surface area contributed by atoms with Gasteiger partial charge in [0.25, 0.3) is 0 Å². The zero-order chi connectivity index (χ0) is 18.1. The van der Waals surface area contributed by atoms with Crippen molar-refractivity contribution >= 4 is 57.0 Å². The number of anilines is 1. The number of rotatable bonds is 4. The van der Waals surface area contributed by atoms with E-state index in [1.165, 1.54) is 11.8 Å². The van der Waals surface area contributed by atoms with E-state index < -0.39 is 5.25 Å². The van der Waals surface area contributed by atoms with E-state index in [0.29, 0.717) is 21.5 Å². The van der Waals surface area contributed by atoms with Gasteiger partial charge in [-0.05, 0) is 31.2 Å². The van der Waals surface area contributed by atoms with Crippen molar-refractivity contribution in [3.05, 3.63) is 53.6 Å². The first-order valence-corrected chi connectivity index (χ1v) is 9.20. The Bertz CT molecular complexity index is 1110. The Morgan fingerprint density at radius 2 is 2.04 bits per heavy atom. The number of hydrogen-bond acceptors (Lipinski definition) is 5. The molecule has 4 aromatic rings. The molecule has 0 aliphatic rings. The van der Waals surface area contributed by atoms with Crippen molar-refractivity contribution < 1.29 is 4.79 Å². The topological polar surface area (TPSA) is 83.6 Å². The molecule has 0 saturated carbocycles. The summed E-state index contributed by atoms with van der Waals surface area (Å²) in [5.41, 5.74) is 2.99. The lowest BCUT2D eigenvalue weighted by Gasteiger charge is -2.11. The SMILES string of the molecule is C[C@@H](Sc1nnc2c(n1)[nH]c1ccccc12)C(=O)Nc1cccc(Cl)c1. The van der Waals surface area contributed by atoms with Crippen molar-refractivity contribution in [2.45, 2.75) is 17.3 Å². The van der Waals surface area contributed by atoms with Crippen LogP contribution in [0.25, 0.3) is 22.1 Å². The highest BCUT2D eigenvalue weighted by Gasteiger charge is 2.18. The van der Waals surface area contributed by atoms with Crippen LogP contribution in [0.1, 0.15) is 6.92 Å². The van der Waals surface area contributed by atoms with Gasteiger partial charge in [0.15, 0.2) is 5.65 Å². The van der Waals surface area contributed by atoms with E-state index in [4.69, 9.17) is 11.6 Å². The molecule has 0 aliphatic heterocycles. The normalized spacial score (nSPS) is 12.4. The molecule has 0 bridgehead atoms. The molecule has 2 aromatic heterocycles. The Balaban J connectivity index is 1.52. The van der Waals surface area contributed by atoms with Crippen LogP contribution in [-0.2, 0) is 4.79 Å². The molecule has 0 radical (unpaired) electrons. The van der Waals surface area contributed by atoms with Crippen molar-refractivity contribution in [1.29, 1.82) is 0 Å². The van der Waals surface area contributed by atoms with Gasteiger partial charge >= 0.3 is 0 Å². The lowest BCUT2D eigenvalue weighted by atomic mass is 10.2. The number of thioether (sulfide) groups is 1. The summed E-state index contributed by atoms with van der Waals surface area (Å²) in [4.78, 5) is 20.1. The van der Waals surface area contributed by atoms with Gasteiger partial charge < -0.3 is 10.3 Å². The molecule has 2 N–H and O–H groups in total. The number of halogens is 1. The summed E-state index contributed by atoms with van der Waals surface area (Å²) in [5, 5.41) is 12.8. The van der Waals surface area contributed by atoms with Crippen molar-refractivity contribution in [1.82, 2.24) is 20.2 Å². The van der Waals surface area contributed by atoms with Crippen LogP contribution in [0, 0.1) is 0 Å². The van der Waals surface area contributed by atoms with Gasteiger partial charge in [-0.15, -0.1) is 10.2 Å². The number of H-pyrrole nitrogens is 1. The number of aromatic amines is 1. The highest BCUT2D eigenvalue weighted by Crippen LogP contribution is 2.25. The molecule has 0 aliphatic carbocycles. The molecule has 1 atom stereocenters. The molecule has 0 fully saturated rings. The van der Waals surface area contributed by atoms with Crippen molar-refractivity contribution in [2.24, 2.45) is 0 Å². The summed E-state index contributed by atoms with van der Waals surface area (Å²) in [7, 11) is 0. The predicted octanol–water partition coefficient (Wildman–Crippen LogP) is 4.28. The number of hydrogen-bond donors (Lipinski definition) is 2. The molecule has 26 heavy (non-hydrogen) atoms. The van der Waals surface area contributed by atoms with E-state index >= 15 is 0 Å². The maximum Gasteiger partial charge on any atom is 0.237 e. The highest BCUT2D eigenvalue weighted by atomic mass is 35.5. The summed E-state index contributed by atoms with van der Waals surface area (Å²) >= 11 is 7.19. The quantitative estimate of drug-likeness (QED) is 0.514. The Hall–Kier alpha value is -2.64. The fraction of sp³-hybridized carbons (Fsp3) is 0.111. The van der Waals surface area contributed by atoms with Crippen LogP contribution in [0.2, 0.25) is 5.02 Å². The number of benzene rings is 2. The van der Waals surface area contributed by atoms with Gasteiger partial charge in [0.1, 0.15) is 5.52 Å². The van der Waals surface area contributed by atoms with Crippen molar-refractivity contribution in [3.8, 4) is 0 Å². The van der Waals surface area contributed by atoms with E-state index in [9.17, 15) is 4.79 Å². The van der Waals surface area contributed by atoms with Crippen LogP contribution in [0.15, 0.2) is 53.7 Å². The number of carbonyl (C=O) groups is 1. The lowest BCUT2D eigenvalue weighted by Crippen LogP contribution is -2.22. The summed E-state index contributed by atoms with van der Waals surface area (Å²) in [6.07, 6.45) is 0. The molecule has 8 heteroatoms. The Morgan fingerprint density at radius 3 is 2.88 bits per heavy atom. The average Bonchev–Trinajstić information content (AvgIpc) is 2.99. The second-order valence-corrected chi connectivity index (χ2v) is 7.47. The standard InChI is InChI=1S/C18H14ClN5OS/c1-10(17(25)20-12-6-4-5-11(19)9-12)26-18-22-16-15(23-24-18)13-7-2-3-8-14(13)21-16/h2-10H,1H3,(H,20,25)(H,21,22,24)/t10-/m1/s1. The Kier molecular flexibility index (Phi) is 4.48. The van der Waals surface area contributed by atoms with Crippen LogP contribution in [-0.4, -0.2) is 31.3 Å². The maximum absolute atomic E-state index is 12.4. The molecule has 130 valence electrons. The van der Waals surface area contributed by atoms with Gasteiger partial charge in [-0.2, -0.15) is 0 Å². The number of carbonyl (C=O) groups excluding carboxylic acids is 1. The van der Waals surface area contributed by atoms with Gasteiger partial charge in [0, 0.05) is 21.6 Å². The fourth-order valence-corrected chi connectivity index (χ4v) is 3.48. The van der Waals surface area contributed by atoms with Gasteiger partial charge in [-0.25, -0.2) is 4.98 Å². The summed E-state index contributed by atoms with van der Waals surface area (Å²) in [6.45, 7) is 1.79. The number of para-hydroxylation sites is 1. The minimum atomic E-state index is -0.391. The summed E-state index contributed by atoms with van der Waals surface area (Å²) < 4.78 is 0. The van der Waals surface area contributed by atoms with Crippen LogP contribution in [0.5, 0.6) is 0 Å². The zero-order valence-corrected chi connectivity index (χ0v) is 15.3. The predicted molar refractivity (Wildman–Crippen MR) is 105 cm³/mol. The number of nitrogens with one attached hydrogen (secondary N) is 2.